The monoisotopic (exact) mass is 304 g/mol. The fraction of sp³-hybridized carbons (Fsp3) is 0.312. The van der Waals surface area contributed by atoms with E-state index in [4.69, 9.17) is 9.47 Å². The third kappa shape index (κ3) is 2.17. The minimum atomic E-state index is -1.99. The lowest BCUT2D eigenvalue weighted by molar-refractivity contribution is -0.218. The van der Waals surface area contributed by atoms with Crippen molar-refractivity contribution >= 4 is 5.78 Å². The van der Waals surface area contributed by atoms with E-state index in [1.807, 2.05) is 0 Å². The molecule has 1 aromatic rings. The number of benzene rings is 1. The van der Waals surface area contributed by atoms with Gasteiger partial charge in [-0.25, -0.2) is 0 Å². The summed E-state index contributed by atoms with van der Waals surface area (Å²) in [4.78, 5) is 12.4. The summed E-state index contributed by atoms with van der Waals surface area (Å²) in [5, 5.41) is 30.9. The molecule has 6 heteroatoms. The topological polar surface area (TPSA) is 96.2 Å². The minimum Gasteiger partial charge on any atom is -0.457 e. The van der Waals surface area contributed by atoms with Crippen LogP contribution in [0.5, 0.6) is 0 Å². The Labute approximate surface area is 126 Å². The molecule has 2 aliphatic rings. The van der Waals surface area contributed by atoms with Crippen LogP contribution in [-0.2, 0) is 20.1 Å². The third-order valence-corrected chi connectivity index (χ3v) is 3.94. The fourth-order valence-electron chi connectivity index (χ4n) is 2.67. The highest BCUT2D eigenvalue weighted by molar-refractivity contribution is 5.99. The largest absolute Gasteiger partial charge is 0.457 e. The van der Waals surface area contributed by atoms with Gasteiger partial charge in [-0.3, -0.25) is 4.79 Å². The van der Waals surface area contributed by atoms with Crippen LogP contribution in [0.1, 0.15) is 12.0 Å². The van der Waals surface area contributed by atoms with Crippen molar-refractivity contribution < 1.29 is 29.6 Å². The molecule has 22 heavy (non-hydrogen) atoms. The average Bonchev–Trinajstić information content (AvgIpc) is 2.51. The van der Waals surface area contributed by atoms with Crippen LogP contribution in [0.2, 0.25) is 0 Å². The molecule has 0 saturated heterocycles. The highest BCUT2D eigenvalue weighted by Gasteiger charge is 2.49. The number of Topliss-reactive ketones (excluding diaryl/α,β-unsaturated/α-hetero) is 1. The molecule has 1 aliphatic carbocycles. The lowest BCUT2D eigenvalue weighted by Crippen LogP contribution is -2.50. The first-order chi connectivity index (χ1) is 10.4. The van der Waals surface area contributed by atoms with Gasteiger partial charge in [0.2, 0.25) is 11.6 Å². The lowest BCUT2D eigenvalue weighted by Gasteiger charge is -2.40. The standard InChI is InChI=1S/C16H16O6/c1-21-15(19)8-7-12-13(14(15)18)11(17)9-16(20,22-12)10-5-3-2-4-6-10/h2-8,14,18-20H,9H2,1H3. The number of ether oxygens (including phenoxy) is 2. The molecule has 6 nitrogen and oxygen atoms in total. The van der Waals surface area contributed by atoms with Gasteiger partial charge < -0.3 is 24.8 Å². The molecule has 1 aliphatic heterocycles. The molecule has 0 fully saturated rings. The predicted molar refractivity (Wildman–Crippen MR) is 75.2 cm³/mol. The molecule has 3 unspecified atom stereocenters. The third-order valence-electron chi connectivity index (χ3n) is 3.94. The van der Waals surface area contributed by atoms with Crippen LogP contribution in [0.15, 0.2) is 53.8 Å². The van der Waals surface area contributed by atoms with Gasteiger partial charge in [0.1, 0.15) is 11.9 Å². The summed E-state index contributed by atoms with van der Waals surface area (Å²) in [6.07, 6.45) is 0.558. The maximum Gasteiger partial charge on any atom is 0.242 e. The van der Waals surface area contributed by atoms with Crippen LogP contribution < -0.4 is 0 Å². The maximum atomic E-state index is 12.4. The number of carbonyl (C=O) groups excluding carboxylic acids is 1. The van der Waals surface area contributed by atoms with E-state index >= 15 is 0 Å². The number of aliphatic hydroxyl groups excluding tert-OH is 1. The molecular formula is C16H16O6. The Morgan fingerprint density at radius 3 is 2.59 bits per heavy atom. The van der Waals surface area contributed by atoms with E-state index in [2.05, 4.69) is 0 Å². The van der Waals surface area contributed by atoms with Gasteiger partial charge in [0.05, 0.1) is 12.0 Å². The van der Waals surface area contributed by atoms with Gasteiger partial charge in [-0.2, -0.15) is 0 Å². The van der Waals surface area contributed by atoms with E-state index in [-0.39, 0.29) is 17.8 Å². The second-order valence-corrected chi connectivity index (χ2v) is 5.32. The van der Waals surface area contributed by atoms with Crippen molar-refractivity contribution in [3.05, 3.63) is 59.4 Å². The molecule has 3 rings (SSSR count). The number of allylic oxidation sites excluding steroid dienone is 1. The Bertz CT molecular complexity index is 664. The molecule has 0 spiro atoms. The number of aliphatic hydroxyl groups is 3. The maximum absolute atomic E-state index is 12.4. The van der Waals surface area contributed by atoms with E-state index in [1.165, 1.54) is 19.3 Å². The van der Waals surface area contributed by atoms with E-state index < -0.39 is 23.5 Å². The van der Waals surface area contributed by atoms with Gasteiger partial charge >= 0.3 is 0 Å². The zero-order valence-electron chi connectivity index (χ0n) is 11.9. The minimum absolute atomic E-state index is 0.0248. The summed E-state index contributed by atoms with van der Waals surface area (Å²) in [6, 6.07) is 8.52. The van der Waals surface area contributed by atoms with Crippen LogP contribution >= 0.6 is 0 Å². The number of carbonyl (C=O) groups is 1. The SMILES string of the molecule is COC1(O)C=CC2=C(C(=O)CC(O)(c3ccccc3)O2)C1O. The van der Waals surface area contributed by atoms with E-state index in [9.17, 15) is 20.1 Å². The molecule has 116 valence electrons. The van der Waals surface area contributed by atoms with E-state index in [0.29, 0.717) is 5.56 Å². The molecule has 0 radical (unpaired) electrons. The van der Waals surface area contributed by atoms with Gasteiger partial charge in [0, 0.05) is 12.7 Å². The summed E-state index contributed by atoms with van der Waals surface area (Å²) >= 11 is 0. The Morgan fingerprint density at radius 1 is 1.27 bits per heavy atom. The zero-order valence-corrected chi connectivity index (χ0v) is 11.9. The lowest BCUT2D eigenvalue weighted by atomic mass is 9.85. The number of hydrogen-bond donors (Lipinski definition) is 3. The van der Waals surface area contributed by atoms with Gasteiger partial charge in [0.15, 0.2) is 5.78 Å². The van der Waals surface area contributed by atoms with E-state index in [0.717, 1.165) is 0 Å². The summed E-state index contributed by atoms with van der Waals surface area (Å²) in [7, 11) is 1.22. The highest BCUT2D eigenvalue weighted by Crippen LogP contribution is 2.41. The number of hydrogen-bond acceptors (Lipinski definition) is 6. The Balaban J connectivity index is 2.01. The first-order valence-electron chi connectivity index (χ1n) is 6.79. The second-order valence-electron chi connectivity index (χ2n) is 5.32. The van der Waals surface area contributed by atoms with Crippen molar-refractivity contribution in [1.29, 1.82) is 0 Å². The van der Waals surface area contributed by atoms with Crippen molar-refractivity contribution in [2.24, 2.45) is 0 Å². The Morgan fingerprint density at radius 2 is 1.95 bits per heavy atom. The highest BCUT2D eigenvalue weighted by atomic mass is 16.6. The molecule has 0 aromatic heterocycles. The second kappa shape index (κ2) is 5.03. The van der Waals surface area contributed by atoms with Crippen molar-refractivity contribution in [3.8, 4) is 0 Å². The van der Waals surface area contributed by atoms with Crippen molar-refractivity contribution in [2.45, 2.75) is 24.1 Å². The molecule has 1 heterocycles. The van der Waals surface area contributed by atoms with Gasteiger partial charge in [-0.15, -0.1) is 0 Å². The van der Waals surface area contributed by atoms with Crippen LogP contribution in [0, 0.1) is 0 Å². The van der Waals surface area contributed by atoms with Crippen LogP contribution in [0.25, 0.3) is 0 Å². The van der Waals surface area contributed by atoms with Crippen molar-refractivity contribution in [3.63, 3.8) is 0 Å². The molecular weight excluding hydrogens is 288 g/mol. The Hall–Kier alpha value is -1.99. The Kier molecular flexibility index (Phi) is 3.41. The summed E-state index contributed by atoms with van der Waals surface area (Å²) in [6.45, 7) is 0. The first-order valence-corrected chi connectivity index (χ1v) is 6.79. The smallest absolute Gasteiger partial charge is 0.242 e. The first kappa shape index (κ1) is 14.9. The number of rotatable bonds is 2. The molecule has 1 aromatic carbocycles. The fourth-order valence-corrected chi connectivity index (χ4v) is 2.67. The van der Waals surface area contributed by atoms with Crippen molar-refractivity contribution in [1.82, 2.24) is 0 Å². The number of methoxy groups -OCH3 is 1. The molecule has 3 N–H and O–H groups in total. The van der Waals surface area contributed by atoms with Gasteiger partial charge in [0.25, 0.3) is 0 Å². The number of ketones is 1. The van der Waals surface area contributed by atoms with Crippen LogP contribution in [0.4, 0.5) is 0 Å². The summed E-state index contributed by atoms with van der Waals surface area (Å²) < 4.78 is 10.4. The van der Waals surface area contributed by atoms with Crippen LogP contribution in [0.3, 0.4) is 0 Å². The summed E-state index contributed by atoms with van der Waals surface area (Å²) in [5.41, 5.74) is 0.331. The normalized spacial score (nSPS) is 34.4. The zero-order chi connectivity index (χ0) is 16.0. The van der Waals surface area contributed by atoms with Gasteiger partial charge in [-0.1, -0.05) is 30.3 Å². The van der Waals surface area contributed by atoms with Gasteiger partial charge in [-0.05, 0) is 12.2 Å². The van der Waals surface area contributed by atoms with Crippen molar-refractivity contribution in [2.75, 3.05) is 7.11 Å². The molecule has 0 amide bonds. The summed E-state index contributed by atoms with van der Waals surface area (Å²) in [5.74, 6) is -4.28. The predicted octanol–water partition coefficient (Wildman–Crippen LogP) is 0.341. The molecule has 0 bridgehead atoms. The molecule has 3 atom stereocenters. The quantitative estimate of drug-likeness (QED) is 0.682. The average molecular weight is 304 g/mol. The van der Waals surface area contributed by atoms with E-state index in [1.54, 1.807) is 30.3 Å². The molecule has 0 saturated carbocycles. The van der Waals surface area contributed by atoms with Crippen LogP contribution in [-0.4, -0.2) is 40.1 Å².